The molecule has 0 aromatic heterocycles. The minimum Gasteiger partial charge on any atom is -0.384 e. The van der Waals surface area contributed by atoms with Gasteiger partial charge in [0.05, 0.1) is 10.5 Å². The first-order valence-electron chi connectivity index (χ1n) is 6.90. The van der Waals surface area contributed by atoms with Gasteiger partial charge in [0.1, 0.15) is 12.4 Å². The number of aliphatic hydroxyl groups is 1. The fourth-order valence-corrected chi connectivity index (χ4v) is 2.83. The number of hydrogen-bond acceptors (Lipinski definition) is 3. The zero-order chi connectivity index (χ0) is 15.7. The Morgan fingerprint density at radius 1 is 1.29 bits per heavy atom. The van der Waals surface area contributed by atoms with Crippen LogP contribution in [-0.4, -0.2) is 26.7 Å². The van der Waals surface area contributed by atoms with E-state index in [4.69, 9.17) is 5.11 Å². The normalized spacial score (nSPS) is 11.0. The molecule has 0 bridgehead atoms. The first kappa shape index (κ1) is 17.6. The smallest absolute Gasteiger partial charge is 0.240 e. The van der Waals surface area contributed by atoms with E-state index >= 15 is 0 Å². The van der Waals surface area contributed by atoms with Crippen molar-refractivity contribution in [2.24, 2.45) is 0 Å². The third kappa shape index (κ3) is 5.84. The van der Waals surface area contributed by atoms with E-state index < -0.39 is 15.8 Å². The zero-order valence-electron chi connectivity index (χ0n) is 12.0. The first-order valence-corrected chi connectivity index (χ1v) is 8.38. The lowest BCUT2D eigenvalue weighted by atomic mass is 10.2. The van der Waals surface area contributed by atoms with Gasteiger partial charge in [0.15, 0.2) is 0 Å². The fourth-order valence-electron chi connectivity index (χ4n) is 1.74. The predicted molar refractivity (Wildman–Crippen MR) is 79.7 cm³/mol. The van der Waals surface area contributed by atoms with Gasteiger partial charge in [0.2, 0.25) is 10.0 Å². The Labute approximate surface area is 125 Å². The van der Waals surface area contributed by atoms with Crippen molar-refractivity contribution in [1.29, 1.82) is 0 Å². The number of nitrogens with one attached hydrogen (secondary N) is 1. The molecule has 0 heterocycles. The van der Waals surface area contributed by atoms with Crippen LogP contribution in [0.1, 0.15) is 38.2 Å². The largest absolute Gasteiger partial charge is 0.384 e. The Morgan fingerprint density at radius 3 is 2.67 bits per heavy atom. The van der Waals surface area contributed by atoms with Crippen LogP contribution in [0.5, 0.6) is 0 Å². The number of hydrogen-bond donors (Lipinski definition) is 2. The van der Waals surface area contributed by atoms with Crippen LogP contribution < -0.4 is 4.72 Å². The molecule has 116 valence electrons. The van der Waals surface area contributed by atoms with Crippen LogP contribution in [0.2, 0.25) is 0 Å². The maximum Gasteiger partial charge on any atom is 0.240 e. The quantitative estimate of drug-likeness (QED) is 0.598. The van der Waals surface area contributed by atoms with E-state index in [1.165, 1.54) is 12.1 Å². The lowest BCUT2D eigenvalue weighted by Gasteiger charge is -2.07. The van der Waals surface area contributed by atoms with Crippen molar-refractivity contribution in [3.8, 4) is 11.8 Å². The van der Waals surface area contributed by atoms with Crippen molar-refractivity contribution in [2.75, 3.05) is 13.2 Å². The van der Waals surface area contributed by atoms with Crippen molar-refractivity contribution in [1.82, 2.24) is 4.72 Å². The van der Waals surface area contributed by atoms with Gasteiger partial charge in [-0.2, -0.15) is 0 Å². The summed E-state index contributed by atoms with van der Waals surface area (Å²) in [7, 11) is -3.69. The van der Waals surface area contributed by atoms with E-state index in [0.29, 0.717) is 6.54 Å². The topological polar surface area (TPSA) is 66.4 Å². The summed E-state index contributed by atoms with van der Waals surface area (Å²) in [5.41, 5.74) is 0.0611. The molecule has 0 saturated carbocycles. The number of sulfonamides is 1. The van der Waals surface area contributed by atoms with E-state index in [0.717, 1.165) is 31.7 Å². The molecule has 0 amide bonds. The summed E-state index contributed by atoms with van der Waals surface area (Å²) in [5, 5.41) is 8.56. The molecule has 21 heavy (non-hydrogen) atoms. The van der Waals surface area contributed by atoms with Crippen molar-refractivity contribution in [2.45, 2.75) is 37.5 Å². The second-order valence-electron chi connectivity index (χ2n) is 4.56. The van der Waals surface area contributed by atoms with Crippen LogP contribution in [-0.2, 0) is 10.0 Å². The highest BCUT2D eigenvalue weighted by Gasteiger charge is 2.15. The van der Waals surface area contributed by atoms with Gasteiger partial charge < -0.3 is 5.11 Å². The molecular weight excluding hydrogens is 293 g/mol. The van der Waals surface area contributed by atoms with E-state index in [-0.39, 0.29) is 17.1 Å². The molecule has 0 aliphatic carbocycles. The van der Waals surface area contributed by atoms with Gasteiger partial charge in [0.25, 0.3) is 0 Å². The molecule has 0 saturated heterocycles. The molecule has 1 aromatic rings. The molecule has 0 atom stereocenters. The summed E-state index contributed by atoms with van der Waals surface area (Å²) >= 11 is 0. The molecule has 6 heteroatoms. The Balaban J connectivity index is 2.73. The Morgan fingerprint density at radius 2 is 2.05 bits per heavy atom. The van der Waals surface area contributed by atoms with Crippen LogP contribution in [0.15, 0.2) is 23.1 Å². The number of halogens is 1. The highest BCUT2D eigenvalue weighted by atomic mass is 32.2. The van der Waals surface area contributed by atoms with E-state index in [2.05, 4.69) is 23.5 Å². The first-order chi connectivity index (χ1) is 10.0. The van der Waals surface area contributed by atoms with Gasteiger partial charge in [-0.25, -0.2) is 17.5 Å². The highest BCUT2D eigenvalue weighted by Crippen LogP contribution is 2.14. The number of rotatable bonds is 7. The van der Waals surface area contributed by atoms with Gasteiger partial charge in [-0.15, -0.1) is 0 Å². The van der Waals surface area contributed by atoms with Crippen LogP contribution in [0.4, 0.5) is 4.39 Å². The fraction of sp³-hybridized carbons (Fsp3) is 0.467. The minimum absolute atomic E-state index is 0.0611. The summed E-state index contributed by atoms with van der Waals surface area (Å²) in [5.74, 6) is 4.02. The molecule has 0 aliphatic heterocycles. The van der Waals surface area contributed by atoms with Crippen molar-refractivity contribution in [3.63, 3.8) is 0 Å². The summed E-state index contributed by atoms with van der Waals surface area (Å²) in [6.07, 6.45) is 3.86. The second-order valence-corrected chi connectivity index (χ2v) is 6.33. The maximum absolute atomic E-state index is 13.7. The summed E-state index contributed by atoms with van der Waals surface area (Å²) < 4.78 is 40.1. The Kier molecular flexibility index (Phi) is 7.37. The molecule has 1 aromatic carbocycles. The van der Waals surface area contributed by atoms with Gasteiger partial charge in [-0.1, -0.05) is 38.0 Å². The third-order valence-electron chi connectivity index (χ3n) is 2.88. The molecule has 0 fully saturated rings. The van der Waals surface area contributed by atoms with Crippen molar-refractivity contribution in [3.05, 3.63) is 29.6 Å². The summed E-state index contributed by atoms with van der Waals surface area (Å²) in [6, 6.07) is 3.54. The molecule has 2 N–H and O–H groups in total. The van der Waals surface area contributed by atoms with Crippen LogP contribution >= 0.6 is 0 Å². The summed E-state index contributed by atoms with van der Waals surface area (Å²) in [6.45, 7) is 2.04. The van der Waals surface area contributed by atoms with E-state index in [1.54, 1.807) is 0 Å². The van der Waals surface area contributed by atoms with Crippen LogP contribution in [0.25, 0.3) is 0 Å². The highest BCUT2D eigenvalue weighted by molar-refractivity contribution is 7.89. The lowest BCUT2D eigenvalue weighted by Crippen LogP contribution is -2.25. The third-order valence-corrected chi connectivity index (χ3v) is 4.33. The summed E-state index contributed by atoms with van der Waals surface area (Å²) in [4.78, 5) is -0.120. The van der Waals surface area contributed by atoms with Crippen molar-refractivity contribution < 1.29 is 17.9 Å². The number of aliphatic hydroxyl groups excluding tert-OH is 1. The number of unbranched alkanes of at least 4 members (excludes halogenated alkanes) is 3. The van der Waals surface area contributed by atoms with Gasteiger partial charge in [-0.3, -0.25) is 0 Å². The van der Waals surface area contributed by atoms with E-state index in [9.17, 15) is 12.8 Å². The molecule has 0 unspecified atom stereocenters. The molecule has 0 spiro atoms. The predicted octanol–water partition coefficient (Wildman–Crippen LogP) is 2.03. The standard InChI is InChI=1S/C15H20FNO3S/c1-2-3-4-5-10-17-21(19,20)14-9-8-13(7-6-11-18)15(16)12-14/h8-9,12,17-18H,2-5,10-11H2,1H3. The van der Waals surface area contributed by atoms with Crippen LogP contribution in [0.3, 0.4) is 0 Å². The molecule has 0 radical (unpaired) electrons. The monoisotopic (exact) mass is 313 g/mol. The molecular formula is C15H20FNO3S. The van der Waals surface area contributed by atoms with Crippen molar-refractivity contribution >= 4 is 10.0 Å². The lowest BCUT2D eigenvalue weighted by molar-refractivity contribution is 0.350. The van der Waals surface area contributed by atoms with Gasteiger partial charge in [-0.05, 0) is 24.6 Å². The molecule has 0 aliphatic rings. The van der Waals surface area contributed by atoms with Gasteiger partial charge >= 0.3 is 0 Å². The van der Waals surface area contributed by atoms with Crippen LogP contribution in [0, 0.1) is 17.7 Å². The number of benzene rings is 1. The Hall–Kier alpha value is -1.42. The average Bonchev–Trinajstić information content (AvgIpc) is 2.45. The Bertz CT molecular complexity index is 618. The maximum atomic E-state index is 13.7. The molecule has 4 nitrogen and oxygen atoms in total. The SMILES string of the molecule is CCCCCCNS(=O)(=O)c1ccc(C#CCO)c(F)c1. The second kappa shape index (κ2) is 8.78. The zero-order valence-corrected chi connectivity index (χ0v) is 12.8. The van der Waals surface area contributed by atoms with Gasteiger partial charge in [0, 0.05) is 6.54 Å². The van der Waals surface area contributed by atoms with E-state index in [1.807, 2.05) is 0 Å². The minimum atomic E-state index is -3.69. The average molecular weight is 313 g/mol. The molecule has 1 rings (SSSR count).